The molecule has 0 aromatic carbocycles. The van der Waals surface area contributed by atoms with Crippen LogP contribution >= 0.6 is 0 Å². The summed E-state index contributed by atoms with van der Waals surface area (Å²) in [5, 5.41) is 0. The van der Waals surface area contributed by atoms with Gasteiger partial charge in [-0.3, -0.25) is 4.39 Å². The van der Waals surface area contributed by atoms with Gasteiger partial charge in [0.05, 0.1) is 6.67 Å². The van der Waals surface area contributed by atoms with Gasteiger partial charge in [-0.2, -0.15) is 0 Å². The molecule has 0 saturated heterocycles. The van der Waals surface area contributed by atoms with E-state index in [1.807, 2.05) is 0 Å². The molecule has 0 aliphatic heterocycles. The summed E-state index contributed by atoms with van der Waals surface area (Å²) in [6.45, 7) is 2.14. The molecule has 2 heteroatoms. The Labute approximate surface area is 125 Å². The molecule has 0 atom stereocenters. The van der Waals surface area contributed by atoms with Crippen LogP contribution in [0.5, 0.6) is 0 Å². The van der Waals surface area contributed by atoms with Crippen molar-refractivity contribution in [1.29, 1.82) is 0 Å². The Morgan fingerprint density at radius 3 is 1.06 bits per heavy atom. The van der Waals surface area contributed by atoms with E-state index in [1.165, 1.54) is 77.0 Å². The van der Waals surface area contributed by atoms with Crippen molar-refractivity contribution < 1.29 is 21.5 Å². The summed E-state index contributed by atoms with van der Waals surface area (Å²) in [7, 11) is 0. The van der Waals surface area contributed by atoms with E-state index in [9.17, 15) is 4.39 Å². The van der Waals surface area contributed by atoms with Crippen molar-refractivity contribution in [2.45, 2.75) is 96.8 Å². The molecule has 0 radical (unpaired) electrons. The molecule has 0 N–H and O–H groups in total. The van der Waals surface area contributed by atoms with E-state index in [2.05, 4.69) is 6.92 Å². The van der Waals surface area contributed by atoms with E-state index < -0.39 is 0 Å². The van der Waals surface area contributed by atoms with Gasteiger partial charge in [-0.15, -0.1) is 0 Å². The molecule has 0 bridgehead atoms. The van der Waals surface area contributed by atoms with Gasteiger partial charge in [0.25, 0.3) is 0 Å². The SMILES string of the molecule is CCCCCCCCCCCCCCCCF.[Fe+2]. The molecule has 0 aliphatic carbocycles. The van der Waals surface area contributed by atoms with Crippen molar-refractivity contribution >= 4 is 0 Å². The van der Waals surface area contributed by atoms with E-state index in [0.717, 1.165) is 12.8 Å². The molecule has 110 valence electrons. The van der Waals surface area contributed by atoms with Crippen LogP contribution in [0.3, 0.4) is 0 Å². The maximum absolute atomic E-state index is 11.8. The second-order valence-corrected chi connectivity index (χ2v) is 5.29. The largest absolute Gasteiger partial charge is 2.00 e. The molecule has 0 spiro atoms. The van der Waals surface area contributed by atoms with Crippen molar-refractivity contribution in [3.63, 3.8) is 0 Å². The van der Waals surface area contributed by atoms with Crippen LogP contribution in [-0.2, 0) is 17.1 Å². The summed E-state index contributed by atoms with van der Waals surface area (Å²) >= 11 is 0. The molecule has 0 nitrogen and oxygen atoms in total. The van der Waals surface area contributed by atoms with Crippen LogP contribution in [0.15, 0.2) is 0 Å². The molecular weight excluding hydrogens is 267 g/mol. The molecule has 0 fully saturated rings. The van der Waals surface area contributed by atoms with E-state index in [1.54, 1.807) is 0 Å². The minimum Gasteiger partial charge on any atom is -0.251 e. The Morgan fingerprint density at radius 1 is 0.500 bits per heavy atom. The Bertz CT molecular complexity index is 114. The normalized spacial score (nSPS) is 10.3. The van der Waals surface area contributed by atoms with E-state index >= 15 is 0 Å². The van der Waals surface area contributed by atoms with Gasteiger partial charge in [-0.1, -0.05) is 90.4 Å². The van der Waals surface area contributed by atoms with Crippen LogP contribution in [-0.4, -0.2) is 6.67 Å². The summed E-state index contributed by atoms with van der Waals surface area (Å²) < 4.78 is 11.8. The zero-order chi connectivity index (χ0) is 12.6. The fraction of sp³-hybridized carbons (Fsp3) is 1.00. The molecule has 0 unspecified atom stereocenters. The van der Waals surface area contributed by atoms with Crippen molar-refractivity contribution in [3.8, 4) is 0 Å². The standard InChI is InChI=1S/C16H33F.Fe/c1-2-3-4-5-6-7-8-9-10-11-12-13-14-15-16-17;/h2-16H2,1H3;/q;+2. The molecule has 0 rings (SSSR count). The Morgan fingerprint density at radius 2 is 0.778 bits per heavy atom. The van der Waals surface area contributed by atoms with Gasteiger partial charge >= 0.3 is 17.1 Å². The molecule has 0 saturated carbocycles. The van der Waals surface area contributed by atoms with Crippen LogP contribution in [0.25, 0.3) is 0 Å². The first kappa shape index (κ1) is 20.8. The van der Waals surface area contributed by atoms with E-state index in [0.29, 0.717) is 0 Å². The van der Waals surface area contributed by atoms with Gasteiger partial charge in [0.2, 0.25) is 0 Å². The fourth-order valence-corrected chi connectivity index (χ4v) is 2.29. The third-order valence-corrected chi connectivity index (χ3v) is 3.49. The minimum absolute atomic E-state index is 0. The summed E-state index contributed by atoms with van der Waals surface area (Å²) in [6.07, 6.45) is 18.5. The van der Waals surface area contributed by atoms with Crippen LogP contribution in [0.4, 0.5) is 4.39 Å². The van der Waals surface area contributed by atoms with Crippen molar-refractivity contribution in [2.75, 3.05) is 6.67 Å². The number of halogens is 1. The third kappa shape index (κ3) is 18.8. The average Bonchev–Trinajstić information content (AvgIpc) is 2.35. The van der Waals surface area contributed by atoms with Crippen LogP contribution in [0.2, 0.25) is 0 Å². The molecule has 0 aromatic heterocycles. The fourth-order valence-electron chi connectivity index (χ4n) is 2.29. The smallest absolute Gasteiger partial charge is 0.251 e. The number of rotatable bonds is 14. The Kier molecular flexibility index (Phi) is 22.8. The van der Waals surface area contributed by atoms with Crippen LogP contribution in [0, 0.1) is 0 Å². The Balaban J connectivity index is 0. The summed E-state index contributed by atoms with van der Waals surface area (Å²) in [6, 6.07) is 0. The van der Waals surface area contributed by atoms with Gasteiger partial charge in [0.15, 0.2) is 0 Å². The molecule has 0 amide bonds. The van der Waals surface area contributed by atoms with E-state index in [-0.39, 0.29) is 23.7 Å². The first-order chi connectivity index (χ1) is 8.41. The number of alkyl halides is 1. The van der Waals surface area contributed by atoms with Crippen molar-refractivity contribution in [1.82, 2.24) is 0 Å². The average molecular weight is 300 g/mol. The summed E-state index contributed by atoms with van der Waals surface area (Å²) in [4.78, 5) is 0. The third-order valence-electron chi connectivity index (χ3n) is 3.49. The van der Waals surface area contributed by atoms with Crippen molar-refractivity contribution in [3.05, 3.63) is 0 Å². The number of unbranched alkanes of at least 4 members (excludes halogenated alkanes) is 13. The van der Waals surface area contributed by atoms with E-state index in [4.69, 9.17) is 0 Å². The topological polar surface area (TPSA) is 0 Å². The first-order valence-corrected chi connectivity index (χ1v) is 7.97. The quantitative estimate of drug-likeness (QED) is 0.256. The predicted molar refractivity (Wildman–Crippen MR) is 76.3 cm³/mol. The molecule has 0 heterocycles. The summed E-state index contributed by atoms with van der Waals surface area (Å²) in [5.74, 6) is 0. The first-order valence-electron chi connectivity index (χ1n) is 7.97. The monoisotopic (exact) mass is 300 g/mol. The molecule has 0 aliphatic rings. The maximum atomic E-state index is 11.8. The maximum Gasteiger partial charge on any atom is 2.00 e. The zero-order valence-corrected chi connectivity index (χ0v) is 13.4. The Hall–Kier alpha value is 0.449. The van der Waals surface area contributed by atoms with Crippen LogP contribution in [0.1, 0.15) is 96.8 Å². The molecule has 0 aromatic rings. The molecule has 18 heavy (non-hydrogen) atoms. The van der Waals surface area contributed by atoms with Gasteiger partial charge < -0.3 is 0 Å². The second kappa shape index (κ2) is 19.8. The summed E-state index contributed by atoms with van der Waals surface area (Å²) in [5.41, 5.74) is 0. The predicted octanol–water partition coefficient (Wildman–Crippen LogP) is 6.43. The van der Waals surface area contributed by atoms with Gasteiger partial charge in [0, 0.05) is 0 Å². The second-order valence-electron chi connectivity index (χ2n) is 5.29. The van der Waals surface area contributed by atoms with Crippen molar-refractivity contribution in [2.24, 2.45) is 0 Å². The number of hydrogen-bond donors (Lipinski definition) is 0. The van der Waals surface area contributed by atoms with Gasteiger partial charge in [-0.05, 0) is 6.42 Å². The van der Waals surface area contributed by atoms with Crippen LogP contribution < -0.4 is 0 Å². The van der Waals surface area contributed by atoms with Gasteiger partial charge in [-0.25, -0.2) is 0 Å². The minimum atomic E-state index is -0.127. The molecular formula is C16H33FFe+2. The number of hydrogen-bond acceptors (Lipinski definition) is 0. The van der Waals surface area contributed by atoms with Gasteiger partial charge in [0.1, 0.15) is 0 Å². The zero-order valence-electron chi connectivity index (χ0n) is 12.3.